The van der Waals surface area contributed by atoms with Gasteiger partial charge < -0.3 is 5.32 Å². The average Bonchev–Trinajstić information content (AvgIpc) is 2.18. The van der Waals surface area contributed by atoms with Crippen LogP contribution in [-0.4, -0.2) is 12.7 Å². The molecule has 0 saturated heterocycles. The predicted molar refractivity (Wildman–Crippen MR) is 51.8 cm³/mol. The minimum Gasteiger partial charge on any atom is -0.307 e. The summed E-state index contributed by atoms with van der Waals surface area (Å²) in [6.07, 6.45) is 0.742. The lowest BCUT2D eigenvalue weighted by Gasteiger charge is -2.24. The summed E-state index contributed by atoms with van der Waals surface area (Å²) in [6, 6.07) is 5.77. The fraction of sp³-hybridized carbons (Fsp3) is 0.400. The maximum absolute atomic E-state index is 12.4. The Kier molecular flexibility index (Phi) is 2.51. The lowest BCUT2D eigenvalue weighted by Crippen LogP contribution is -2.37. The Morgan fingerprint density at radius 2 is 2.38 bits per heavy atom. The second-order valence-electron chi connectivity index (χ2n) is 3.31. The van der Waals surface area contributed by atoms with E-state index in [-0.39, 0.29) is 12.7 Å². The van der Waals surface area contributed by atoms with Gasteiger partial charge in [-0.25, -0.2) is 4.39 Å². The number of nitrogens with one attached hydrogen (secondary N) is 1. The summed E-state index contributed by atoms with van der Waals surface area (Å²) >= 11 is 6.00. The summed E-state index contributed by atoms with van der Waals surface area (Å²) in [4.78, 5) is 0. The van der Waals surface area contributed by atoms with E-state index in [0.29, 0.717) is 6.54 Å². The zero-order valence-electron chi connectivity index (χ0n) is 7.19. The van der Waals surface area contributed by atoms with Crippen molar-refractivity contribution in [2.75, 3.05) is 6.67 Å². The Hall–Kier alpha value is -0.600. The second kappa shape index (κ2) is 3.64. The molecule has 3 heteroatoms. The van der Waals surface area contributed by atoms with Crippen LogP contribution >= 0.6 is 11.6 Å². The van der Waals surface area contributed by atoms with Crippen LogP contribution in [0.1, 0.15) is 11.1 Å². The molecular weight excluding hydrogens is 189 g/mol. The van der Waals surface area contributed by atoms with Gasteiger partial charge in [0.15, 0.2) is 0 Å². The first-order valence-electron chi connectivity index (χ1n) is 4.37. The Bertz CT molecular complexity index is 314. The molecule has 1 aromatic carbocycles. The molecule has 70 valence electrons. The summed E-state index contributed by atoms with van der Waals surface area (Å²) in [6.45, 7) is 0.371. The number of hydrogen-bond donors (Lipinski definition) is 1. The lowest BCUT2D eigenvalue weighted by molar-refractivity contribution is 0.359. The van der Waals surface area contributed by atoms with Crippen molar-refractivity contribution in [2.24, 2.45) is 0 Å². The summed E-state index contributed by atoms with van der Waals surface area (Å²) < 4.78 is 12.4. The number of fused-ring (bicyclic) bond motifs is 1. The number of alkyl halides is 1. The first-order chi connectivity index (χ1) is 6.31. The molecule has 1 heterocycles. The molecular formula is C10H11ClFN. The van der Waals surface area contributed by atoms with E-state index in [1.165, 1.54) is 5.56 Å². The molecule has 1 aliphatic heterocycles. The van der Waals surface area contributed by atoms with Crippen molar-refractivity contribution in [3.05, 3.63) is 34.3 Å². The normalized spacial score (nSPS) is 21.2. The largest absolute Gasteiger partial charge is 0.307 e. The third-order valence-corrected chi connectivity index (χ3v) is 2.79. The van der Waals surface area contributed by atoms with Gasteiger partial charge in [0.2, 0.25) is 0 Å². The molecule has 0 fully saturated rings. The van der Waals surface area contributed by atoms with Gasteiger partial charge >= 0.3 is 0 Å². The quantitative estimate of drug-likeness (QED) is 0.732. The van der Waals surface area contributed by atoms with Crippen molar-refractivity contribution in [1.29, 1.82) is 0 Å². The van der Waals surface area contributed by atoms with E-state index in [1.54, 1.807) is 0 Å². The SMILES string of the molecule is FCC1Cc2cccc(Cl)c2CN1. The van der Waals surface area contributed by atoms with E-state index in [4.69, 9.17) is 11.6 Å². The molecule has 0 aromatic heterocycles. The molecule has 0 bridgehead atoms. The first kappa shape index (κ1) is 8.97. The third kappa shape index (κ3) is 1.69. The van der Waals surface area contributed by atoms with Crippen molar-refractivity contribution in [3.63, 3.8) is 0 Å². The second-order valence-corrected chi connectivity index (χ2v) is 3.72. The van der Waals surface area contributed by atoms with Crippen LogP contribution in [0.15, 0.2) is 18.2 Å². The standard InChI is InChI=1S/C10H11ClFN/c11-10-3-1-2-7-4-8(5-12)13-6-9(7)10/h1-3,8,13H,4-6H2. The number of halogens is 2. The maximum atomic E-state index is 12.4. The van der Waals surface area contributed by atoms with Gasteiger partial charge in [0.25, 0.3) is 0 Å². The van der Waals surface area contributed by atoms with E-state index in [2.05, 4.69) is 5.32 Å². The fourth-order valence-electron chi connectivity index (χ4n) is 1.69. The van der Waals surface area contributed by atoms with Crippen molar-refractivity contribution in [1.82, 2.24) is 5.32 Å². The highest BCUT2D eigenvalue weighted by atomic mass is 35.5. The molecule has 0 saturated carbocycles. The van der Waals surface area contributed by atoms with Gasteiger partial charge in [0.1, 0.15) is 6.67 Å². The Labute approximate surface area is 81.9 Å². The minimum absolute atomic E-state index is 0.0361. The van der Waals surface area contributed by atoms with E-state index in [0.717, 1.165) is 17.0 Å². The summed E-state index contributed by atoms with van der Waals surface area (Å²) in [5, 5.41) is 3.89. The molecule has 0 amide bonds. The smallest absolute Gasteiger partial charge is 0.105 e. The van der Waals surface area contributed by atoms with Crippen LogP contribution in [0.5, 0.6) is 0 Å². The van der Waals surface area contributed by atoms with E-state index in [1.807, 2.05) is 18.2 Å². The van der Waals surface area contributed by atoms with Crippen molar-refractivity contribution in [3.8, 4) is 0 Å². The highest BCUT2D eigenvalue weighted by Crippen LogP contribution is 2.24. The summed E-state index contributed by atoms with van der Waals surface area (Å²) in [7, 11) is 0. The molecule has 13 heavy (non-hydrogen) atoms. The van der Waals surface area contributed by atoms with Crippen LogP contribution in [0.3, 0.4) is 0 Å². The van der Waals surface area contributed by atoms with Gasteiger partial charge in [-0.3, -0.25) is 0 Å². The Morgan fingerprint density at radius 1 is 1.54 bits per heavy atom. The van der Waals surface area contributed by atoms with Gasteiger partial charge in [-0.05, 0) is 23.6 Å². The molecule has 1 N–H and O–H groups in total. The van der Waals surface area contributed by atoms with Crippen LogP contribution in [-0.2, 0) is 13.0 Å². The number of benzene rings is 1. The van der Waals surface area contributed by atoms with Crippen molar-refractivity contribution < 1.29 is 4.39 Å². The van der Waals surface area contributed by atoms with Crippen LogP contribution in [0, 0.1) is 0 Å². The van der Waals surface area contributed by atoms with E-state index in [9.17, 15) is 4.39 Å². The van der Waals surface area contributed by atoms with Gasteiger partial charge in [0, 0.05) is 17.6 Å². The Balaban J connectivity index is 2.31. The molecule has 0 spiro atoms. The van der Waals surface area contributed by atoms with Crippen LogP contribution < -0.4 is 5.32 Å². The molecule has 1 unspecified atom stereocenters. The fourth-order valence-corrected chi connectivity index (χ4v) is 1.95. The maximum Gasteiger partial charge on any atom is 0.105 e. The highest BCUT2D eigenvalue weighted by Gasteiger charge is 2.18. The first-order valence-corrected chi connectivity index (χ1v) is 4.74. The molecule has 0 aliphatic carbocycles. The number of rotatable bonds is 1. The highest BCUT2D eigenvalue weighted by molar-refractivity contribution is 6.31. The zero-order chi connectivity index (χ0) is 9.26. The topological polar surface area (TPSA) is 12.0 Å². The molecule has 1 nitrogen and oxygen atoms in total. The van der Waals surface area contributed by atoms with Gasteiger partial charge in [-0.2, -0.15) is 0 Å². The van der Waals surface area contributed by atoms with E-state index >= 15 is 0 Å². The third-order valence-electron chi connectivity index (χ3n) is 2.44. The van der Waals surface area contributed by atoms with Gasteiger partial charge in [-0.15, -0.1) is 0 Å². The van der Waals surface area contributed by atoms with Gasteiger partial charge in [0.05, 0.1) is 0 Å². The lowest BCUT2D eigenvalue weighted by atomic mass is 9.96. The Morgan fingerprint density at radius 3 is 3.15 bits per heavy atom. The summed E-state index contributed by atoms with van der Waals surface area (Å²) in [5.74, 6) is 0. The monoisotopic (exact) mass is 199 g/mol. The van der Waals surface area contributed by atoms with E-state index < -0.39 is 0 Å². The van der Waals surface area contributed by atoms with Crippen molar-refractivity contribution >= 4 is 11.6 Å². The summed E-state index contributed by atoms with van der Waals surface area (Å²) in [5.41, 5.74) is 2.29. The number of hydrogen-bond acceptors (Lipinski definition) is 1. The van der Waals surface area contributed by atoms with Crippen LogP contribution in [0.4, 0.5) is 4.39 Å². The minimum atomic E-state index is -0.314. The van der Waals surface area contributed by atoms with Crippen LogP contribution in [0.2, 0.25) is 5.02 Å². The molecule has 2 rings (SSSR count). The predicted octanol–water partition coefficient (Wildman–Crippen LogP) is 2.32. The molecule has 1 atom stereocenters. The molecule has 0 radical (unpaired) electrons. The molecule has 1 aliphatic rings. The average molecular weight is 200 g/mol. The van der Waals surface area contributed by atoms with Crippen molar-refractivity contribution in [2.45, 2.75) is 19.0 Å². The molecule has 1 aromatic rings. The van der Waals surface area contributed by atoms with Gasteiger partial charge in [-0.1, -0.05) is 23.7 Å². The van der Waals surface area contributed by atoms with Crippen LogP contribution in [0.25, 0.3) is 0 Å². The zero-order valence-corrected chi connectivity index (χ0v) is 7.94.